The maximum absolute atomic E-state index is 12.4. The highest BCUT2D eigenvalue weighted by atomic mass is 35.5. The minimum atomic E-state index is -3.44. The van der Waals surface area contributed by atoms with Crippen molar-refractivity contribution in [3.05, 3.63) is 29.8 Å². The molecule has 1 aromatic carbocycles. The van der Waals surface area contributed by atoms with Gasteiger partial charge in [0.15, 0.2) is 0 Å². The van der Waals surface area contributed by atoms with E-state index in [1.54, 1.807) is 31.2 Å². The van der Waals surface area contributed by atoms with Crippen molar-refractivity contribution < 1.29 is 13.2 Å². The predicted octanol–water partition coefficient (Wildman–Crippen LogP) is 2.51. The van der Waals surface area contributed by atoms with Crippen LogP contribution >= 0.6 is 12.4 Å². The molecule has 1 rings (SSSR count). The molecule has 4 N–H and O–H groups in total. The topological polar surface area (TPSA) is 101 Å². The van der Waals surface area contributed by atoms with E-state index in [-0.39, 0.29) is 30.1 Å². The Hall–Kier alpha value is -1.31. The van der Waals surface area contributed by atoms with Crippen LogP contribution in [0, 0.1) is 0 Å². The summed E-state index contributed by atoms with van der Waals surface area (Å²) in [4.78, 5) is 12.4. The van der Waals surface area contributed by atoms with Gasteiger partial charge < -0.3 is 11.1 Å². The molecule has 0 fully saturated rings. The molecule has 0 saturated carbocycles. The average Bonchev–Trinajstić information content (AvgIpc) is 2.51. The summed E-state index contributed by atoms with van der Waals surface area (Å²) in [6, 6.07) is 6.48. The molecule has 0 saturated heterocycles. The first kappa shape index (κ1) is 22.7. The van der Waals surface area contributed by atoms with Crippen LogP contribution in [0.25, 0.3) is 0 Å². The maximum atomic E-state index is 12.4. The Bertz CT molecular complexity index is 608. The highest BCUT2D eigenvalue weighted by Gasteiger charge is 2.18. The van der Waals surface area contributed by atoms with E-state index >= 15 is 0 Å². The monoisotopic (exact) mass is 377 g/mol. The number of carbonyl (C=O) groups excluding carboxylic acids is 1. The molecular weight excluding hydrogens is 350 g/mol. The third-order valence-electron chi connectivity index (χ3n) is 3.44. The summed E-state index contributed by atoms with van der Waals surface area (Å²) in [6.07, 6.45) is 3.32. The number of sulfonamides is 1. The Labute approximate surface area is 151 Å². The molecule has 0 aliphatic carbocycles. The van der Waals surface area contributed by atoms with Gasteiger partial charge in [0.05, 0.1) is 17.0 Å². The van der Waals surface area contributed by atoms with E-state index in [4.69, 9.17) is 5.73 Å². The lowest BCUT2D eigenvalue weighted by Crippen LogP contribution is -2.40. The fourth-order valence-corrected chi connectivity index (χ4v) is 3.37. The molecule has 24 heavy (non-hydrogen) atoms. The lowest BCUT2D eigenvalue weighted by molar-refractivity contribution is 0.0936. The molecule has 0 bridgehead atoms. The molecule has 0 radical (unpaired) electrons. The summed E-state index contributed by atoms with van der Waals surface area (Å²) in [7, 11) is -3.44. The van der Waals surface area contributed by atoms with Crippen LogP contribution in [0.5, 0.6) is 0 Å². The predicted molar refractivity (Wildman–Crippen MR) is 101 cm³/mol. The maximum Gasteiger partial charge on any atom is 0.253 e. The molecule has 138 valence electrons. The van der Waals surface area contributed by atoms with Gasteiger partial charge in [-0.3, -0.25) is 9.52 Å². The quantitative estimate of drug-likeness (QED) is 0.583. The normalized spacial score (nSPS) is 12.1. The van der Waals surface area contributed by atoms with Gasteiger partial charge in [-0.2, -0.15) is 0 Å². The van der Waals surface area contributed by atoms with Crippen molar-refractivity contribution in [3.8, 4) is 0 Å². The second-order valence-electron chi connectivity index (χ2n) is 5.51. The largest absolute Gasteiger partial charge is 0.348 e. The first-order valence-electron chi connectivity index (χ1n) is 8.04. The van der Waals surface area contributed by atoms with Gasteiger partial charge in [0.2, 0.25) is 10.0 Å². The molecular formula is C16H28ClN3O3S. The van der Waals surface area contributed by atoms with E-state index in [1.807, 2.05) is 0 Å². The molecule has 1 amide bonds. The van der Waals surface area contributed by atoms with Gasteiger partial charge >= 0.3 is 0 Å². The second-order valence-corrected chi connectivity index (χ2v) is 7.36. The number of nitrogens with one attached hydrogen (secondary N) is 2. The summed E-state index contributed by atoms with van der Waals surface area (Å²) in [6.45, 7) is 4.22. The van der Waals surface area contributed by atoms with Crippen molar-refractivity contribution in [1.29, 1.82) is 0 Å². The number of carbonyl (C=O) groups is 1. The molecule has 0 aliphatic heterocycles. The van der Waals surface area contributed by atoms with Gasteiger partial charge in [0.25, 0.3) is 5.91 Å². The van der Waals surface area contributed by atoms with Crippen molar-refractivity contribution in [1.82, 2.24) is 5.32 Å². The Morgan fingerprint density at radius 2 is 1.88 bits per heavy atom. The smallest absolute Gasteiger partial charge is 0.253 e. The average molecular weight is 378 g/mol. The van der Waals surface area contributed by atoms with Crippen LogP contribution in [0.1, 0.15) is 49.9 Å². The molecule has 1 atom stereocenters. The van der Waals surface area contributed by atoms with E-state index in [9.17, 15) is 13.2 Å². The van der Waals surface area contributed by atoms with Gasteiger partial charge in [-0.1, -0.05) is 38.8 Å². The van der Waals surface area contributed by atoms with Crippen LogP contribution in [0.4, 0.5) is 5.69 Å². The molecule has 0 aliphatic rings. The van der Waals surface area contributed by atoms with E-state index < -0.39 is 10.0 Å². The zero-order valence-electron chi connectivity index (χ0n) is 14.2. The first-order valence-corrected chi connectivity index (χ1v) is 9.69. The minimum Gasteiger partial charge on any atom is -0.348 e. The van der Waals surface area contributed by atoms with Crippen LogP contribution in [-0.2, 0) is 10.0 Å². The van der Waals surface area contributed by atoms with Gasteiger partial charge in [-0.05, 0) is 25.0 Å². The fourth-order valence-electron chi connectivity index (χ4n) is 2.22. The van der Waals surface area contributed by atoms with Gasteiger partial charge in [0, 0.05) is 12.6 Å². The number of hydrogen-bond acceptors (Lipinski definition) is 4. The molecule has 1 unspecified atom stereocenters. The highest BCUT2D eigenvalue weighted by molar-refractivity contribution is 7.92. The van der Waals surface area contributed by atoms with E-state index in [0.717, 1.165) is 19.3 Å². The Morgan fingerprint density at radius 3 is 2.46 bits per heavy atom. The van der Waals surface area contributed by atoms with Crippen molar-refractivity contribution in [3.63, 3.8) is 0 Å². The number of benzene rings is 1. The van der Waals surface area contributed by atoms with E-state index in [0.29, 0.717) is 24.2 Å². The fraction of sp³-hybridized carbons (Fsp3) is 0.562. The van der Waals surface area contributed by atoms with Crippen molar-refractivity contribution >= 4 is 34.0 Å². The zero-order chi connectivity index (χ0) is 17.3. The summed E-state index contributed by atoms with van der Waals surface area (Å²) < 4.78 is 26.3. The number of para-hydroxylation sites is 1. The lowest BCUT2D eigenvalue weighted by atomic mass is 10.1. The van der Waals surface area contributed by atoms with Crippen molar-refractivity contribution in [2.75, 3.05) is 17.0 Å². The van der Waals surface area contributed by atoms with Gasteiger partial charge in [-0.25, -0.2) is 8.42 Å². The first-order chi connectivity index (χ1) is 10.9. The summed E-state index contributed by atoms with van der Waals surface area (Å²) in [5.74, 6) is -0.295. The van der Waals surface area contributed by atoms with Gasteiger partial charge in [0.1, 0.15) is 0 Å². The SMILES string of the molecule is CCCCC(CN)NC(=O)c1ccccc1NS(=O)(=O)CCC.Cl. The third-order valence-corrected chi connectivity index (χ3v) is 4.91. The third kappa shape index (κ3) is 7.51. The number of halogens is 1. The Kier molecular flexibility index (Phi) is 10.7. The molecule has 8 heteroatoms. The summed E-state index contributed by atoms with van der Waals surface area (Å²) in [5, 5.41) is 2.88. The van der Waals surface area contributed by atoms with Crippen molar-refractivity contribution in [2.45, 2.75) is 45.6 Å². The van der Waals surface area contributed by atoms with Crippen LogP contribution in [0.2, 0.25) is 0 Å². The van der Waals surface area contributed by atoms with Crippen LogP contribution < -0.4 is 15.8 Å². The number of nitrogens with two attached hydrogens (primary N) is 1. The van der Waals surface area contributed by atoms with Crippen LogP contribution in [-0.4, -0.2) is 32.7 Å². The molecule has 0 spiro atoms. The number of rotatable bonds is 10. The Morgan fingerprint density at radius 1 is 1.21 bits per heavy atom. The zero-order valence-corrected chi connectivity index (χ0v) is 15.9. The lowest BCUT2D eigenvalue weighted by Gasteiger charge is -2.18. The molecule has 0 heterocycles. The standard InChI is InChI=1S/C16H27N3O3S.ClH/c1-3-5-8-13(12-17)18-16(20)14-9-6-7-10-15(14)19-23(21,22)11-4-2;/h6-7,9-10,13,19H,3-5,8,11-12,17H2,1-2H3,(H,18,20);1H. The molecule has 1 aromatic rings. The second kappa shape index (κ2) is 11.3. The Balaban J connectivity index is 0.00000529. The van der Waals surface area contributed by atoms with Gasteiger partial charge in [-0.15, -0.1) is 12.4 Å². The summed E-state index contributed by atoms with van der Waals surface area (Å²) >= 11 is 0. The van der Waals surface area contributed by atoms with Crippen LogP contribution in [0.3, 0.4) is 0 Å². The number of unbranched alkanes of at least 4 members (excludes halogenated alkanes) is 1. The van der Waals surface area contributed by atoms with E-state index in [1.165, 1.54) is 0 Å². The molecule has 6 nitrogen and oxygen atoms in total. The number of hydrogen-bond donors (Lipinski definition) is 3. The van der Waals surface area contributed by atoms with Crippen molar-refractivity contribution in [2.24, 2.45) is 5.73 Å². The molecule has 0 aromatic heterocycles. The highest BCUT2D eigenvalue weighted by Crippen LogP contribution is 2.17. The summed E-state index contributed by atoms with van der Waals surface area (Å²) in [5.41, 5.74) is 6.30. The van der Waals surface area contributed by atoms with E-state index in [2.05, 4.69) is 17.0 Å². The minimum absolute atomic E-state index is 0. The van der Waals surface area contributed by atoms with Crippen LogP contribution in [0.15, 0.2) is 24.3 Å². The number of anilines is 1. The number of amides is 1.